The van der Waals surface area contributed by atoms with Gasteiger partial charge in [-0.05, 0) is 51.6 Å². The second-order valence-corrected chi connectivity index (χ2v) is 6.17. The van der Waals surface area contributed by atoms with Gasteiger partial charge in [0.2, 0.25) is 0 Å². The van der Waals surface area contributed by atoms with Gasteiger partial charge in [0.15, 0.2) is 0 Å². The van der Waals surface area contributed by atoms with Gasteiger partial charge in [-0.3, -0.25) is 0 Å². The fourth-order valence-corrected chi connectivity index (χ4v) is 2.12. The Hall–Kier alpha value is -0.680. The molecule has 0 aromatic heterocycles. The molecule has 1 rings (SSSR count). The van der Waals surface area contributed by atoms with Crippen LogP contribution < -0.4 is 5.32 Å². The molecule has 0 saturated heterocycles. The predicted octanol–water partition coefficient (Wildman–Crippen LogP) is 4.69. The van der Waals surface area contributed by atoms with Gasteiger partial charge in [-0.2, -0.15) is 0 Å². The first kappa shape index (κ1) is 15.4. The molecule has 0 heterocycles. The van der Waals surface area contributed by atoms with Crippen LogP contribution in [-0.4, -0.2) is 7.05 Å². The molecular formula is C15H19Cl2N. The molecule has 1 aromatic carbocycles. The summed E-state index contributed by atoms with van der Waals surface area (Å²) >= 11 is 12.0. The van der Waals surface area contributed by atoms with Crippen molar-refractivity contribution >= 4 is 23.2 Å². The number of benzene rings is 1. The molecule has 0 saturated carbocycles. The van der Waals surface area contributed by atoms with E-state index in [9.17, 15) is 0 Å². The lowest BCUT2D eigenvalue weighted by Crippen LogP contribution is -2.16. The fourth-order valence-electron chi connectivity index (χ4n) is 1.58. The van der Waals surface area contributed by atoms with E-state index in [4.69, 9.17) is 23.2 Å². The topological polar surface area (TPSA) is 12.0 Å². The van der Waals surface area contributed by atoms with Gasteiger partial charge in [0.1, 0.15) is 0 Å². The Bertz CT molecular complexity index is 443. The van der Waals surface area contributed by atoms with Crippen molar-refractivity contribution < 1.29 is 0 Å². The average Bonchev–Trinajstić information content (AvgIpc) is 2.21. The lowest BCUT2D eigenvalue weighted by molar-refractivity contribution is 0.566. The zero-order chi connectivity index (χ0) is 13.8. The van der Waals surface area contributed by atoms with Gasteiger partial charge >= 0.3 is 0 Å². The first-order chi connectivity index (χ1) is 8.31. The van der Waals surface area contributed by atoms with E-state index >= 15 is 0 Å². The van der Waals surface area contributed by atoms with E-state index in [-0.39, 0.29) is 11.5 Å². The Morgan fingerprint density at radius 2 is 1.72 bits per heavy atom. The Balaban J connectivity index is 2.86. The van der Waals surface area contributed by atoms with Crippen molar-refractivity contribution in [3.05, 3.63) is 33.8 Å². The van der Waals surface area contributed by atoms with Gasteiger partial charge < -0.3 is 5.32 Å². The molecule has 0 radical (unpaired) electrons. The van der Waals surface area contributed by atoms with Crippen molar-refractivity contribution in [3.63, 3.8) is 0 Å². The highest BCUT2D eigenvalue weighted by Crippen LogP contribution is 2.25. The molecule has 0 spiro atoms. The normalized spacial score (nSPS) is 12.8. The Kier molecular flexibility index (Phi) is 5.53. The van der Waals surface area contributed by atoms with E-state index < -0.39 is 0 Å². The maximum absolute atomic E-state index is 6.01. The molecule has 0 aliphatic carbocycles. The molecule has 1 aromatic rings. The third-order valence-corrected chi connectivity index (χ3v) is 2.84. The van der Waals surface area contributed by atoms with Crippen LogP contribution in [-0.2, 0) is 0 Å². The molecule has 0 aliphatic rings. The molecular weight excluding hydrogens is 265 g/mol. The largest absolute Gasteiger partial charge is 0.312 e. The standard InChI is InChI=1S/C15H19Cl2N/c1-15(2,3)7-5-6-14(18-4)11-8-12(16)10-13(17)9-11/h8-10,14,18H,6H2,1-4H3. The van der Waals surface area contributed by atoms with Gasteiger partial charge in [0.25, 0.3) is 0 Å². The second-order valence-electron chi connectivity index (χ2n) is 5.30. The van der Waals surface area contributed by atoms with Crippen molar-refractivity contribution in [2.45, 2.75) is 33.2 Å². The van der Waals surface area contributed by atoms with E-state index in [0.29, 0.717) is 10.0 Å². The summed E-state index contributed by atoms with van der Waals surface area (Å²) in [5, 5.41) is 4.55. The highest BCUT2D eigenvalue weighted by Gasteiger charge is 2.10. The van der Waals surface area contributed by atoms with Crippen LogP contribution in [0.3, 0.4) is 0 Å². The van der Waals surface area contributed by atoms with E-state index in [1.54, 1.807) is 6.07 Å². The predicted molar refractivity (Wildman–Crippen MR) is 80.1 cm³/mol. The van der Waals surface area contributed by atoms with Gasteiger partial charge in [-0.1, -0.05) is 29.1 Å². The van der Waals surface area contributed by atoms with E-state index in [1.807, 2.05) is 19.2 Å². The molecule has 18 heavy (non-hydrogen) atoms. The minimum Gasteiger partial charge on any atom is -0.312 e. The monoisotopic (exact) mass is 283 g/mol. The minimum atomic E-state index is 0.0320. The van der Waals surface area contributed by atoms with Gasteiger partial charge in [-0.25, -0.2) is 0 Å². The van der Waals surface area contributed by atoms with Crippen LogP contribution in [0.2, 0.25) is 10.0 Å². The van der Waals surface area contributed by atoms with Crippen molar-refractivity contribution in [1.82, 2.24) is 5.32 Å². The van der Waals surface area contributed by atoms with Gasteiger partial charge in [-0.15, -0.1) is 5.92 Å². The molecule has 1 unspecified atom stereocenters. The number of hydrogen-bond donors (Lipinski definition) is 1. The van der Waals surface area contributed by atoms with Crippen LogP contribution in [0.25, 0.3) is 0 Å². The first-order valence-corrected chi connectivity index (χ1v) is 6.71. The van der Waals surface area contributed by atoms with Crippen LogP contribution in [0.15, 0.2) is 18.2 Å². The van der Waals surface area contributed by atoms with Crippen LogP contribution >= 0.6 is 23.2 Å². The smallest absolute Gasteiger partial charge is 0.0429 e. The lowest BCUT2D eigenvalue weighted by Gasteiger charge is -2.15. The number of nitrogens with one attached hydrogen (secondary N) is 1. The van der Waals surface area contributed by atoms with Gasteiger partial charge in [0.05, 0.1) is 0 Å². The number of hydrogen-bond acceptors (Lipinski definition) is 1. The summed E-state index contributed by atoms with van der Waals surface area (Å²) in [6, 6.07) is 5.73. The van der Waals surface area contributed by atoms with Crippen LogP contribution in [0.5, 0.6) is 0 Å². The highest BCUT2D eigenvalue weighted by atomic mass is 35.5. The molecule has 98 valence electrons. The van der Waals surface area contributed by atoms with Crippen molar-refractivity contribution in [2.24, 2.45) is 5.41 Å². The molecule has 1 atom stereocenters. The number of rotatable bonds is 3. The molecule has 1 N–H and O–H groups in total. The molecule has 0 bridgehead atoms. The summed E-state index contributed by atoms with van der Waals surface area (Å²) in [5.74, 6) is 6.44. The van der Waals surface area contributed by atoms with E-state index in [0.717, 1.165) is 12.0 Å². The molecule has 0 amide bonds. The average molecular weight is 284 g/mol. The van der Waals surface area contributed by atoms with E-state index in [1.165, 1.54) is 0 Å². The third kappa shape index (κ3) is 5.31. The summed E-state index contributed by atoms with van der Waals surface area (Å²) in [4.78, 5) is 0. The summed E-state index contributed by atoms with van der Waals surface area (Å²) in [5.41, 5.74) is 1.10. The summed E-state index contributed by atoms with van der Waals surface area (Å²) in [6.07, 6.45) is 0.741. The summed E-state index contributed by atoms with van der Waals surface area (Å²) < 4.78 is 0. The minimum absolute atomic E-state index is 0.0320. The van der Waals surface area contributed by atoms with Crippen LogP contribution in [0.4, 0.5) is 0 Å². The Morgan fingerprint density at radius 3 is 2.17 bits per heavy atom. The second kappa shape index (κ2) is 6.48. The number of halogens is 2. The third-order valence-electron chi connectivity index (χ3n) is 2.41. The fraction of sp³-hybridized carbons (Fsp3) is 0.467. The van der Waals surface area contributed by atoms with Crippen molar-refractivity contribution in [1.29, 1.82) is 0 Å². The van der Waals surface area contributed by atoms with Gasteiger partial charge in [0, 0.05) is 27.9 Å². The highest BCUT2D eigenvalue weighted by molar-refractivity contribution is 6.34. The zero-order valence-electron chi connectivity index (χ0n) is 11.3. The van der Waals surface area contributed by atoms with Crippen molar-refractivity contribution in [2.75, 3.05) is 7.05 Å². The molecule has 0 aliphatic heterocycles. The maximum Gasteiger partial charge on any atom is 0.0429 e. The van der Waals surface area contributed by atoms with Crippen LogP contribution in [0, 0.1) is 17.3 Å². The Labute approximate surface area is 120 Å². The Morgan fingerprint density at radius 1 is 1.17 bits per heavy atom. The summed E-state index contributed by atoms with van der Waals surface area (Å²) in [6.45, 7) is 6.31. The first-order valence-electron chi connectivity index (χ1n) is 5.95. The van der Waals surface area contributed by atoms with E-state index in [2.05, 4.69) is 37.9 Å². The quantitative estimate of drug-likeness (QED) is 0.794. The molecule has 0 fully saturated rings. The zero-order valence-corrected chi connectivity index (χ0v) is 12.8. The van der Waals surface area contributed by atoms with Crippen LogP contribution in [0.1, 0.15) is 38.8 Å². The maximum atomic E-state index is 6.01. The SMILES string of the molecule is CNC(CC#CC(C)(C)C)c1cc(Cl)cc(Cl)c1. The lowest BCUT2D eigenvalue weighted by atomic mass is 9.97. The summed E-state index contributed by atoms with van der Waals surface area (Å²) in [7, 11) is 1.91. The molecule has 3 heteroatoms. The van der Waals surface area contributed by atoms with Crippen molar-refractivity contribution in [3.8, 4) is 11.8 Å². The molecule has 1 nitrogen and oxygen atoms in total.